The highest BCUT2D eigenvalue weighted by Gasteiger charge is 2.60. The first kappa shape index (κ1) is 26.4. The first-order chi connectivity index (χ1) is 19.5. The molecule has 9 heteroatoms. The van der Waals surface area contributed by atoms with Crippen molar-refractivity contribution in [3.63, 3.8) is 0 Å². The lowest BCUT2D eigenvalue weighted by molar-refractivity contribution is -0.126. The normalized spacial score (nSPS) is 20.1. The molecule has 4 aromatic carbocycles. The van der Waals surface area contributed by atoms with Crippen LogP contribution < -0.4 is 19.4 Å². The van der Waals surface area contributed by atoms with E-state index in [0.29, 0.717) is 33.3 Å². The van der Waals surface area contributed by atoms with Crippen LogP contribution in [0.2, 0.25) is 5.02 Å². The molecule has 0 aliphatic carbocycles. The van der Waals surface area contributed by atoms with Gasteiger partial charge in [0.25, 0.3) is 5.91 Å². The molecule has 2 amide bonds. The number of imide groups is 1. The molecule has 7 nitrogen and oxygen atoms in total. The molecule has 0 N–H and O–H groups in total. The van der Waals surface area contributed by atoms with Crippen molar-refractivity contribution in [1.82, 2.24) is 0 Å². The molecule has 0 saturated carbocycles. The summed E-state index contributed by atoms with van der Waals surface area (Å²) in [6, 6.07) is 28.9. The van der Waals surface area contributed by atoms with Crippen LogP contribution >= 0.6 is 27.5 Å². The number of methoxy groups -OCH3 is 1. The number of ether oxygens (including phenoxy) is 2. The number of amides is 2. The van der Waals surface area contributed by atoms with Crippen molar-refractivity contribution >= 4 is 50.7 Å². The summed E-state index contributed by atoms with van der Waals surface area (Å²) in [5, 5.41) is 2.16. The fourth-order valence-corrected chi connectivity index (χ4v) is 5.84. The van der Waals surface area contributed by atoms with E-state index in [2.05, 4.69) is 15.9 Å². The van der Waals surface area contributed by atoms with Crippen LogP contribution in [0.5, 0.6) is 11.5 Å². The van der Waals surface area contributed by atoms with E-state index in [0.717, 1.165) is 16.8 Å². The SMILES string of the molecule is COc1cc([C@H]2[C@H]3C(=O)N(c4ccc(Cl)cc4)C(=O)[C@H]3ON2c2ccccc2)c(Br)cc1OCc1ccccc1. The zero-order chi connectivity index (χ0) is 27.8. The van der Waals surface area contributed by atoms with E-state index in [4.69, 9.17) is 25.9 Å². The van der Waals surface area contributed by atoms with Gasteiger partial charge in [-0.25, -0.2) is 9.96 Å². The molecule has 2 fully saturated rings. The van der Waals surface area contributed by atoms with Crippen LogP contribution in [-0.4, -0.2) is 25.0 Å². The fraction of sp³-hybridized carbons (Fsp3) is 0.161. The lowest BCUT2D eigenvalue weighted by Crippen LogP contribution is -2.37. The number of hydrogen-bond acceptors (Lipinski definition) is 6. The highest BCUT2D eigenvalue weighted by atomic mass is 79.9. The number of fused-ring (bicyclic) bond motifs is 1. The Morgan fingerprint density at radius 3 is 2.20 bits per heavy atom. The van der Waals surface area contributed by atoms with Crippen molar-refractivity contribution in [3.8, 4) is 11.5 Å². The first-order valence-corrected chi connectivity index (χ1v) is 13.8. The minimum Gasteiger partial charge on any atom is -0.493 e. The molecular weight excluding hydrogens is 596 g/mol. The molecule has 0 unspecified atom stereocenters. The predicted molar refractivity (Wildman–Crippen MR) is 155 cm³/mol. The zero-order valence-corrected chi connectivity index (χ0v) is 23.7. The number of hydroxylamine groups is 1. The molecular formula is C31H24BrClN2O5. The second kappa shape index (κ2) is 11.0. The lowest BCUT2D eigenvalue weighted by Gasteiger charge is -2.29. The topological polar surface area (TPSA) is 68.3 Å². The van der Waals surface area contributed by atoms with Crippen LogP contribution in [0.25, 0.3) is 0 Å². The molecule has 0 aromatic heterocycles. The van der Waals surface area contributed by atoms with Gasteiger partial charge in [0.05, 0.1) is 24.5 Å². The van der Waals surface area contributed by atoms with Crippen LogP contribution in [0.4, 0.5) is 11.4 Å². The average molecular weight is 620 g/mol. The van der Waals surface area contributed by atoms with Gasteiger partial charge in [0.2, 0.25) is 5.91 Å². The number of benzene rings is 4. The van der Waals surface area contributed by atoms with Gasteiger partial charge in [-0.1, -0.05) is 76.1 Å². The molecule has 6 rings (SSSR count). The van der Waals surface area contributed by atoms with Gasteiger partial charge in [-0.05, 0) is 59.7 Å². The molecule has 2 saturated heterocycles. The number of hydrogen-bond donors (Lipinski definition) is 0. The van der Waals surface area contributed by atoms with Crippen LogP contribution in [0.1, 0.15) is 17.2 Å². The molecule has 3 atom stereocenters. The Labute approximate surface area is 244 Å². The number of halogens is 2. The molecule has 2 heterocycles. The van der Waals surface area contributed by atoms with E-state index < -0.39 is 24.0 Å². The largest absolute Gasteiger partial charge is 0.493 e. The maximum absolute atomic E-state index is 13.9. The van der Waals surface area contributed by atoms with Gasteiger partial charge < -0.3 is 9.47 Å². The Morgan fingerprint density at radius 2 is 1.52 bits per heavy atom. The third-order valence-corrected chi connectivity index (χ3v) is 7.99. The summed E-state index contributed by atoms with van der Waals surface area (Å²) < 4.78 is 12.5. The third-order valence-electron chi connectivity index (χ3n) is 7.05. The maximum atomic E-state index is 13.9. The molecule has 202 valence electrons. The van der Waals surface area contributed by atoms with E-state index in [1.165, 1.54) is 4.90 Å². The van der Waals surface area contributed by atoms with Crippen LogP contribution in [0, 0.1) is 5.92 Å². The average Bonchev–Trinajstić information content (AvgIpc) is 3.49. The smallest absolute Gasteiger partial charge is 0.266 e. The Hall–Kier alpha value is -3.85. The van der Waals surface area contributed by atoms with Crippen LogP contribution in [0.15, 0.2) is 102 Å². The first-order valence-electron chi connectivity index (χ1n) is 12.6. The predicted octanol–water partition coefficient (Wildman–Crippen LogP) is 6.74. The van der Waals surface area contributed by atoms with E-state index in [1.807, 2.05) is 72.8 Å². The van der Waals surface area contributed by atoms with Crippen molar-refractivity contribution in [2.45, 2.75) is 18.8 Å². The minimum atomic E-state index is -1.000. The van der Waals surface area contributed by atoms with Gasteiger partial charge in [0.15, 0.2) is 17.6 Å². The minimum absolute atomic E-state index is 0.351. The third kappa shape index (κ3) is 4.72. The van der Waals surface area contributed by atoms with E-state index in [-0.39, 0.29) is 5.91 Å². The zero-order valence-electron chi connectivity index (χ0n) is 21.4. The number of anilines is 2. The molecule has 0 bridgehead atoms. The monoisotopic (exact) mass is 618 g/mol. The Balaban J connectivity index is 1.40. The standard InChI is InChI=1S/C31H24BrClN2O5/c1-38-25-16-23(24(32)17-26(25)39-18-19-8-4-2-5-9-19)28-27-29(40-35(28)22-10-6-3-7-11-22)31(37)34(30(27)36)21-14-12-20(33)13-15-21/h2-17,27-29H,18H2,1H3/t27-,28+,29+/m1/s1. The molecule has 40 heavy (non-hydrogen) atoms. The van der Waals surface area contributed by atoms with Gasteiger partial charge in [-0.15, -0.1) is 0 Å². The number of rotatable bonds is 7. The summed E-state index contributed by atoms with van der Waals surface area (Å²) in [5.74, 6) is -0.541. The summed E-state index contributed by atoms with van der Waals surface area (Å²) in [4.78, 5) is 35.0. The molecule has 0 radical (unpaired) electrons. The second-order valence-electron chi connectivity index (χ2n) is 9.45. The number of nitrogens with zero attached hydrogens (tertiary/aromatic N) is 2. The molecule has 2 aliphatic rings. The highest BCUT2D eigenvalue weighted by Crippen LogP contribution is 2.50. The Morgan fingerprint density at radius 1 is 0.850 bits per heavy atom. The molecule has 4 aromatic rings. The van der Waals surface area contributed by atoms with Gasteiger partial charge >= 0.3 is 0 Å². The van der Waals surface area contributed by atoms with E-state index in [9.17, 15) is 9.59 Å². The summed E-state index contributed by atoms with van der Waals surface area (Å²) in [7, 11) is 1.57. The van der Waals surface area contributed by atoms with Crippen molar-refractivity contribution in [1.29, 1.82) is 0 Å². The van der Waals surface area contributed by atoms with Gasteiger partial charge in [-0.3, -0.25) is 14.4 Å². The van der Waals surface area contributed by atoms with Gasteiger partial charge in [0.1, 0.15) is 12.5 Å². The van der Waals surface area contributed by atoms with Gasteiger partial charge in [0, 0.05) is 9.50 Å². The Kier molecular flexibility index (Phi) is 7.23. The van der Waals surface area contributed by atoms with E-state index in [1.54, 1.807) is 36.4 Å². The van der Waals surface area contributed by atoms with Crippen molar-refractivity contribution < 1.29 is 23.9 Å². The van der Waals surface area contributed by atoms with E-state index >= 15 is 0 Å². The quantitative estimate of drug-likeness (QED) is 0.214. The van der Waals surface area contributed by atoms with Crippen LogP contribution in [0.3, 0.4) is 0 Å². The number of carbonyl (C=O) groups excluding carboxylic acids is 2. The summed E-state index contributed by atoms with van der Waals surface area (Å²) in [6.45, 7) is 0.361. The maximum Gasteiger partial charge on any atom is 0.266 e. The lowest BCUT2D eigenvalue weighted by atomic mass is 9.90. The fourth-order valence-electron chi connectivity index (χ4n) is 5.16. The summed E-state index contributed by atoms with van der Waals surface area (Å²) in [6.07, 6.45) is -1.000. The number of para-hydroxylation sites is 1. The molecule has 2 aliphatic heterocycles. The number of carbonyl (C=O) groups is 2. The van der Waals surface area contributed by atoms with Crippen molar-refractivity contribution in [2.24, 2.45) is 5.92 Å². The highest BCUT2D eigenvalue weighted by molar-refractivity contribution is 9.10. The van der Waals surface area contributed by atoms with Crippen molar-refractivity contribution in [3.05, 3.63) is 118 Å². The van der Waals surface area contributed by atoms with Crippen LogP contribution in [-0.2, 0) is 21.0 Å². The summed E-state index contributed by atoms with van der Waals surface area (Å²) >= 11 is 9.75. The van der Waals surface area contributed by atoms with Crippen molar-refractivity contribution in [2.75, 3.05) is 17.1 Å². The Bertz CT molecular complexity index is 1550. The molecule has 0 spiro atoms. The second-order valence-corrected chi connectivity index (χ2v) is 10.7. The summed E-state index contributed by atoms with van der Waals surface area (Å²) in [5.41, 5.74) is 2.91. The van der Waals surface area contributed by atoms with Gasteiger partial charge in [-0.2, -0.15) is 0 Å².